The van der Waals surface area contributed by atoms with Gasteiger partial charge in [0.15, 0.2) is 5.17 Å². The molecule has 1 heterocycles. The summed E-state index contributed by atoms with van der Waals surface area (Å²) >= 11 is 1.90. The fourth-order valence-electron chi connectivity index (χ4n) is 2.01. The van der Waals surface area contributed by atoms with Crippen LogP contribution in [0.15, 0.2) is 4.99 Å². The van der Waals surface area contributed by atoms with Gasteiger partial charge in [-0.3, -0.25) is 4.99 Å². The van der Waals surface area contributed by atoms with Crippen molar-refractivity contribution in [1.82, 2.24) is 5.32 Å². The van der Waals surface area contributed by atoms with E-state index < -0.39 is 0 Å². The van der Waals surface area contributed by atoms with E-state index in [-0.39, 0.29) is 0 Å². The summed E-state index contributed by atoms with van der Waals surface area (Å²) in [4.78, 5) is 4.74. The lowest BCUT2D eigenvalue weighted by Gasteiger charge is -2.40. The summed E-state index contributed by atoms with van der Waals surface area (Å²) in [5, 5.41) is 4.81. The third kappa shape index (κ3) is 2.25. The van der Waals surface area contributed by atoms with Crippen LogP contribution in [0.3, 0.4) is 0 Å². The van der Waals surface area contributed by atoms with Crippen molar-refractivity contribution in [3.63, 3.8) is 0 Å². The van der Waals surface area contributed by atoms with Gasteiger partial charge >= 0.3 is 0 Å². The van der Waals surface area contributed by atoms with Crippen LogP contribution in [0.5, 0.6) is 0 Å². The standard InChI is InChI=1S/C11H20N2S/c1-3-9-5-8-14-10(12-9)13-11(2)6-4-7-11/h9H,3-8H2,1-2H3,(H,12,13). The number of nitrogens with zero attached hydrogens (tertiary/aromatic N) is 1. The van der Waals surface area contributed by atoms with Gasteiger partial charge < -0.3 is 5.32 Å². The van der Waals surface area contributed by atoms with E-state index >= 15 is 0 Å². The first-order chi connectivity index (χ1) is 6.72. The highest BCUT2D eigenvalue weighted by atomic mass is 32.2. The van der Waals surface area contributed by atoms with Gasteiger partial charge in [-0.15, -0.1) is 0 Å². The number of hydrogen-bond donors (Lipinski definition) is 1. The Balaban J connectivity index is 1.93. The summed E-state index contributed by atoms with van der Waals surface area (Å²) in [6.07, 6.45) is 6.43. The molecule has 0 spiro atoms. The molecule has 1 saturated carbocycles. The summed E-state index contributed by atoms with van der Waals surface area (Å²) in [6.45, 7) is 4.54. The number of aliphatic imine (C=N–C) groups is 1. The molecule has 0 amide bonds. The van der Waals surface area contributed by atoms with E-state index in [1.807, 2.05) is 11.8 Å². The summed E-state index contributed by atoms with van der Waals surface area (Å²) in [7, 11) is 0. The third-order valence-electron chi connectivity index (χ3n) is 3.33. The van der Waals surface area contributed by atoms with Gasteiger partial charge in [0.05, 0.1) is 6.04 Å². The average Bonchev–Trinajstić information content (AvgIpc) is 2.16. The molecule has 0 bridgehead atoms. The van der Waals surface area contributed by atoms with Crippen LogP contribution in [-0.2, 0) is 0 Å². The van der Waals surface area contributed by atoms with Crippen molar-refractivity contribution < 1.29 is 0 Å². The minimum absolute atomic E-state index is 0.363. The first-order valence-corrected chi connectivity index (χ1v) is 6.69. The second-order valence-electron chi connectivity index (χ2n) is 4.67. The molecule has 2 aliphatic rings. The van der Waals surface area contributed by atoms with Gasteiger partial charge in [-0.05, 0) is 39.0 Å². The molecule has 0 radical (unpaired) electrons. The largest absolute Gasteiger partial charge is 0.360 e. The first kappa shape index (κ1) is 10.3. The number of thioether (sulfide) groups is 1. The second-order valence-corrected chi connectivity index (χ2v) is 5.76. The lowest BCUT2D eigenvalue weighted by atomic mass is 9.79. The lowest BCUT2D eigenvalue weighted by Crippen LogP contribution is -2.50. The topological polar surface area (TPSA) is 24.4 Å². The maximum Gasteiger partial charge on any atom is 0.157 e. The minimum Gasteiger partial charge on any atom is -0.360 e. The summed E-state index contributed by atoms with van der Waals surface area (Å²) in [5.41, 5.74) is 0.363. The van der Waals surface area contributed by atoms with Gasteiger partial charge in [0, 0.05) is 11.3 Å². The maximum absolute atomic E-state index is 4.74. The van der Waals surface area contributed by atoms with Crippen molar-refractivity contribution in [3.8, 4) is 0 Å². The van der Waals surface area contributed by atoms with Crippen molar-refractivity contribution in [2.24, 2.45) is 4.99 Å². The van der Waals surface area contributed by atoms with Crippen molar-refractivity contribution in [3.05, 3.63) is 0 Å². The predicted molar refractivity (Wildman–Crippen MR) is 64.0 cm³/mol. The van der Waals surface area contributed by atoms with Crippen LogP contribution in [0.25, 0.3) is 0 Å². The van der Waals surface area contributed by atoms with E-state index in [2.05, 4.69) is 19.2 Å². The molecule has 1 fully saturated rings. The van der Waals surface area contributed by atoms with Crippen molar-refractivity contribution in [1.29, 1.82) is 0 Å². The average molecular weight is 212 g/mol. The number of nitrogens with one attached hydrogen (secondary N) is 1. The molecule has 0 aromatic rings. The fourth-order valence-corrected chi connectivity index (χ4v) is 3.14. The van der Waals surface area contributed by atoms with E-state index in [0.717, 1.165) is 0 Å². The van der Waals surface area contributed by atoms with Gasteiger partial charge in [-0.1, -0.05) is 18.7 Å². The molecule has 1 unspecified atom stereocenters. The van der Waals surface area contributed by atoms with Gasteiger partial charge in [0.1, 0.15) is 0 Å². The quantitative estimate of drug-likeness (QED) is 0.761. The van der Waals surface area contributed by atoms with Crippen LogP contribution < -0.4 is 5.32 Å². The predicted octanol–water partition coefficient (Wildman–Crippen LogP) is 2.79. The van der Waals surface area contributed by atoms with Crippen LogP contribution in [-0.4, -0.2) is 22.5 Å². The molecule has 3 heteroatoms. The molecular formula is C11H20N2S. The Morgan fingerprint density at radius 1 is 1.57 bits per heavy atom. The van der Waals surface area contributed by atoms with E-state index in [4.69, 9.17) is 4.99 Å². The number of hydrogen-bond acceptors (Lipinski definition) is 3. The van der Waals surface area contributed by atoms with E-state index in [9.17, 15) is 0 Å². The highest BCUT2D eigenvalue weighted by molar-refractivity contribution is 8.13. The molecule has 0 aromatic carbocycles. The molecule has 1 N–H and O–H groups in total. The Morgan fingerprint density at radius 2 is 2.36 bits per heavy atom. The molecular weight excluding hydrogens is 192 g/mol. The molecule has 1 atom stereocenters. The Bertz CT molecular complexity index is 233. The Labute approximate surface area is 90.9 Å². The Hall–Kier alpha value is -0.180. The van der Waals surface area contributed by atoms with Gasteiger partial charge in [0.2, 0.25) is 0 Å². The van der Waals surface area contributed by atoms with Gasteiger partial charge in [0.25, 0.3) is 0 Å². The van der Waals surface area contributed by atoms with E-state index in [0.29, 0.717) is 11.6 Å². The zero-order valence-corrected chi connectivity index (χ0v) is 9.99. The monoisotopic (exact) mass is 212 g/mol. The van der Waals surface area contributed by atoms with Crippen LogP contribution >= 0.6 is 11.8 Å². The van der Waals surface area contributed by atoms with Crippen molar-refractivity contribution in [2.75, 3.05) is 5.75 Å². The molecule has 0 aromatic heterocycles. The second kappa shape index (κ2) is 4.13. The molecule has 1 aliphatic heterocycles. The van der Waals surface area contributed by atoms with Crippen LogP contribution in [0.1, 0.15) is 46.0 Å². The molecule has 0 saturated heterocycles. The zero-order chi connectivity index (χ0) is 10.0. The number of amidine groups is 1. The number of rotatable bonds is 2. The van der Waals surface area contributed by atoms with Crippen LogP contribution in [0.2, 0.25) is 0 Å². The highest BCUT2D eigenvalue weighted by Gasteiger charge is 2.33. The van der Waals surface area contributed by atoms with Crippen LogP contribution in [0.4, 0.5) is 0 Å². The summed E-state index contributed by atoms with van der Waals surface area (Å²) < 4.78 is 0. The minimum atomic E-state index is 0.363. The molecule has 80 valence electrons. The molecule has 2 nitrogen and oxygen atoms in total. The van der Waals surface area contributed by atoms with Crippen LogP contribution in [0, 0.1) is 0 Å². The van der Waals surface area contributed by atoms with Gasteiger partial charge in [-0.2, -0.15) is 0 Å². The van der Waals surface area contributed by atoms with E-state index in [1.54, 1.807) is 0 Å². The Kier molecular flexibility index (Phi) is 3.05. The smallest absolute Gasteiger partial charge is 0.157 e. The molecule has 14 heavy (non-hydrogen) atoms. The van der Waals surface area contributed by atoms with E-state index in [1.165, 1.54) is 43.0 Å². The van der Waals surface area contributed by atoms with Crippen molar-refractivity contribution >= 4 is 16.9 Å². The lowest BCUT2D eigenvalue weighted by molar-refractivity contribution is 0.245. The SMILES string of the molecule is CCC1CCSC(NC2(C)CCC2)=N1. The highest BCUT2D eigenvalue weighted by Crippen LogP contribution is 2.32. The molecule has 2 rings (SSSR count). The summed E-state index contributed by atoms with van der Waals surface area (Å²) in [5.74, 6) is 1.24. The Morgan fingerprint density at radius 3 is 2.93 bits per heavy atom. The fraction of sp³-hybridized carbons (Fsp3) is 0.909. The molecule has 1 aliphatic carbocycles. The first-order valence-electron chi connectivity index (χ1n) is 5.71. The van der Waals surface area contributed by atoms with Crippen molar-refractivity contribution in [2.45, 2.75) is 57.5 Å². The summed E-state index contributed by atoms with van der Waals surface area (Å²) in [6, 6.07) is 0.572. The third-order valence-corrected chi connectivity index (χ3v) is 4.25. The van der Waals surface area contributed by atoms with Gasteiger partial charge in [-0.25, -0.2) is 0 Å². The normalized spacial score (nSPS) is 30.4. The maximum atomic E-state index is 4.74. The zero-order valence-electron chi connectivity index (χ0n) is 9.18.